The van der Waals surface area contributed by atoms with E-state index in [1.54, 1.807) is 6.07 Å². The number of carbonyl (C=O) groups excluding carboxylic acids is 2. The quantitative estimate of drug-likeness (QED) is 0.289. The number of aliphatic hydroxyl groups is 1. The number of halogens is 3. The minimum absolute atomic E-state index is 0.101. The van der Waals surface area contributed by atoms with Crippen molar-refractivity contribution in [3.05, 3.63) is 93.2 Å². The van der Waals surface area contributed by atoms with Crippen molar-refractivity contribution < 1.29 is 28.9 Å². The number of carbonyl (C=O) groups is 2. The van der Waals surface area contributed by atoms with E-state index in [0.29, 0.717) is 5.56 Å². The zero-order valence-corrected chi connectivity index (χ0v) is 18.6. The summed E-state index contributed by atoms with van der Waals surface area (Å²) in [6.07, 6.45) is 0. The second-order valence-corrected chi connectivity index (χ2v) is 8.02. The number of ether oxygens (including phenoxy) is 1. The summed E-state index contributed by atoms with van der Waals surface area (Å²) in [7, 11) is 1.32. The number of hydrogen-bond acceptors (Lipinski definition) is 5. The van der Waals surface area contributed by atoms with Crippen LogP contribution in [0.5, 0.6) is 11.5 Å². The van der Waals surface area contributed by atoms with Crippen LogP contribution in [0.3, 0.4) is 0 Å². The van der Waals surface area contributed by atoms with Crippen molar-refractivity contribution in [2.75, 3.05) is 12.0 Å². The van der Waals surface area contributed by atoms with Gasteiger partial charge in [-0.25, -0.2) is 4.39 Å². The van der Waals surface area contributed by atoms with Gasteiger partial charge in [0.25, 0.3) is 11.7 Å². The minimum Gasteiger partial charge on any atom is -0.508 e. The van der Waals surface area contributed by atoms with Gasteiger partial charge in [-0.05, 0) is 54.1 Å². The maximum absolute atomic E-state index is 14.0. The van der Waals surface area contributed by atoms with E-state index < -0.39 is 29.3 Å². The van der Waals surface area contributed by atoms with Gasteiger partial charge in [0.1, 0.15) is 23.1 Å². The molecule has 1 saturated heterocycles. The Balaban J connectivity index is 2.00. The van der Waals surface area contributed by atoms with Crippen LogP contribution in [0.4, 0.5) is 10.1 Å². The number of methoxy groups -OCH3 is 1. The molecule has 1 aliphatic heterocycles. The van der Waals surface area contributed by atoms with Crippen LogP contribution in [-0.2, 0) is 9.59 Å². The highest BCUT2D eigenvalue weighted by atomic mass is 35.5. The molecule has 0 saturated carbocycles. The molecule has 2 N–H and O–H groups in total. The van der Waals surface area contributed by atoms with E-state index in [0.717, 1.165) is 17.0 Å². The number of nitrogens with zero attached hydrogens (tertiary/aromatic N) is 1. The number of aliphatic hydroxyl groups excluding tert-OH is 1. The van der Waals surface area contributed by atoms with Gasteiger partial charge in [0.05, 0.1) is 34.3 Å². The van der Waals surface area contributed by atoms with Crippen molar-refractivity contribution >= 4 is 46.3 Å². The van der Waals surface area contributed by atoms with E-state index in [2.05, 4.69) is 0 Å². The first-order chi connectivity index (χ1) is 15.7. The van der Waals surface area contributed by atoms with Gasteiger partial charge in [-0.15, -0.1) is 0 Å². The van der Waals surface area contributed by atoms with Crippen molar-refractivity contribution in [3.63, 3.8) is 0 Å². The SMILES string of the molecule is COc1ccc(F)cc1/C(O)=C1\C(=O)C(=O)N(c2ccc(Cl)c(Cl)c2)C1c1cccc(O)c1. The summed E-state index contributed by atoms with van der Waals surface area (Å²) >= 11 is 12.1. The smallest absolute Gasteiger partial charge is 0.300 e. The number of ketones is 1. The van der Waals surface area contributed by atoms with Crippen LogP contribution in [-0.4, -0.2) is 29.0 Å². The van der Waals surface area contributed by atoms with Gasteiger partial charge in [-0.3, -0.25) is 14.5 Å². The summed E-state index contributed by atoms with van der Waals surface area (Å²) in [5, 5.41) is 21.6. The van der Waals surface area contributed by atoms with Crippen LogP contribution in [0.25, 0.3) is 5.76 Å². The molecule has 9 heteroatoms. The second kappa shape index (κ2) is 8.77. The minimum atomic E-state index is -1.15. The summed E-state index contributed by atoms with van der Waals surface area (Å²) in [6.45, 7) is 0. The van der Waals surface area contributed by atoms with Gasteiger partial charge in [0.15, 0.2) is 0 Å². The number of anilines is 1. The first-order valence-corrected chi connectivity index (χ1v) is 10.4. The molecule has 1 fully saturated rings. The molecular formula is C24H16Cl2FNO5. The zero-order chi connectivity index (χ0) is 23.9. The topological polar surface area (TPSA) is 87.1 Å². The second-order valence-electron chi connectivity index (χ2n) is 7.21. The number of hydrogen-bond donors (Lipinski definition) is 2. The number of rotatable bonds is 4. The van der Waals surface area contributed by atoms with Gasteiger partial charge in [-0.1, -0.05) is 35.3 Å². The Bertz CT molecular complexity index is 1320. The van der Waals surface area contributed by atoms with Gasteiger partial charge < -0.3 is 14.9 Å². The van der Waals surface area contributed by atoms with Gasteiger partial charge in [0, 0.05) is 5.69 Å². The Hall–Kier alpha value is -3.55. The molecule has 1 heterocycles. The fraction of sp³-hybridized carbons (Fsp3) is 0.0833. The molecule has 0 bridgehead atoms. The normalized spacial score (nSPS) is 17.5. The molecule has 4 rings (SSSR count). The lowest BCUT2D eigenvalue weighted by Gasteiger charge is -2.26. The van der Waals surface area contributed by atoms with E-state index in [9.17, 15) is 24.2 Å². The van der Waals surface area contributed by atoms with Crippen LogP contribution in [0, 0.1) is 5.82 Å². The Kier molecular flexibility index (Phi) is 6.01. The van der Waals surface area contributed by atoms with Gasteiger partial charge in [-0.2, -0.15) is 0 Å². The third kappa shape index (κ3) is 4.01. The van der Waals surface area contributed by atoms with Crippen LogP contribution in [0.15, 0.2) is 66.2 Å². The first-order valence-electron chi connectivity index (χ1n) is 9.61. The average molecular weight is 488 g/mol. The van der Waals surface area contributed by atoms with E-state index in [1.165, 1.54) is 49.6 Å². The lowest BCUT2D eigenvalue weighted by atomic mass is 9.94. The molecule has 1 amide bonds. The van der Waals surface area contributed by atoms with Crippen LogP contribution >= 0.6 is 23.2 Å². The first kappa shape index (κ1) is 22.6. The molecule has 1 aliphatic rings. The lowest BCUT2D eigenvalue weighted by Crippen LogP contribution is -2.29. The van der Waals surface area contributed by atoms with Crippen molar-refractivity contribution in [2.45, 2.75) is 6.04 Å². The molecular weight excluding hydrogens is 472 g/mol. The standard InChI is InChI=1S/C24H16Cl2FNO5/c1-33-19-8-5-13(27)10-16(19)22(30)20-21(12-3-2-4-15(29)9-12)28(24(32)23(20)31)14-6-7-17(25)18(26)11-14/h2-11,21,29-30H,1H3/b22-20+. The molecule has 168 valence electrons. The largest absolute Gasteiger partial charge is 0.508 e. The van der Waals surface area contributed by atoms with Gasteiger partial charge >= 0.3 is 0 Å². The van der Waals surface area contributed by atoms with Crippen LogP contribution in [0.1, 0.15) is 17.2 Å². The third-order valence-corrected chi connectivity index (χ3v) is 5.97. The maximum Gasteiger partial charge on any atom is 0.300 e. The fourth-order valence-corrected chi connectivity index (χ4v) is 4.05. The van der Waals surface area contributed by atoms with E-state index >= 15 is 0 Å². The molecule has 0 radical (unpaired) electrons. The Morgan fingerprint density at radius 2 is 1.79 bits per heavy atom. The summed E-state index contributed by atoms with van der Waals surface area (Å²) in [6, 6.07) is 12.5. The van der Waals surface area contributed by atoms with E-state index in [1.807, 2.05) is 0 Å². The molecule has 1 atom stereocenters. The molecule has 0 spiro atoms. The van der Waals surface area contributed by atoms with Gasteiger partial charge in [0.2, 0.25) is 0 Å². The fourth-order valence-electron chi connectivity index (χ4n) is 3.75. The zero-order valence-electron chi connectivity index (χ0n) is 17.1. The highest BCUT2D eigenvalue weighted by Crippen LogP contribution is 2.44. The molecule has 3 aromatic rings. The van der Waals surface area contributed by atoms with Crippen LogP contribution < -0.4 is 9.64 Å². The molecule has 3 aromatic carbocycles. The Morgan fingerprint density at radius 1 is 1.03 bits per heavy atom. The summed E-state index contributed by atoms with van der Waals surface area (Å²) in [5.41, 5.74) is 0.164. The van der Waals surface area contributed by atoms with E-state index in [4.69, 9.17) is 27.9 Å². The maximum atomic E-state index is 14.0. The Labute approximate surface area is 198 Å². The molecule has 33 heavy (non-hydrogen) atoms. The number of aromatic hydroxyl groups is 1. The highest BCUT2D eigenvalue weighted by molar-refractivity contribution is 6.52. The van der Waals surface area contributed by atoms with Crippen molar-refractivity contribution in [1.29, 1.82) is 0 Å². The van der Waals surface area contributed by atoms with Crippen molar-refractivity contribution in [3.8, 4) is 11.5 Å². The lowest BCUT2D eigenvalue weighted by molar-refractivity contribution is -0.132. The monoisotopic (exact) mass is 487 g/mol. The molecule has 6 nitrogen and oxygen atoms in total. The van der Waals surface area contributed by atoms with Crippen molar-refractivity contribution in [2.24, 2.45) is 0 Å². The average Bonchev–Trinajstić information content (AvgIpc) is 3.06. The number of Topliss-reactive ketones (excluding diaryl/α,β-unsaturated/α-hetero) is 1. The predicted molar refractivity (Wildman–Crippen MR) is 122 cm³/mol. The third-order valence-electron chi connectivity index (χ3n) is 5.23. The summed E-state index contributed by atoms with van der Waals surface area (Å²) in [4.78, 5) is 27.4. The number of benzene rings is 3. The van der Waals surface area contributed by atoms with Crippen molar-refractivity contribution in [1.82, 2.24) is 0 Å². The number of amides is 1. The predicted octanol–water partition coefficient (Wildman–Crippen LogP) is 5.47. The molecule has 0 aromatic heterocycles. The van der Waals surface area contributed by atoms with Crippen LogP contribution in [0.2, 0.25) is 10.0 Å². The summed E-state index contributed by atoms with van der Waals surface area (Å²) in [5.74, 6) is -3.26. The number of phenolic OH excluding ortho intramolecular Hbond substituents is 1. The molecule has 1 unspecified atom stereocenters. The number of phenols is 1. The highest BCUT2D eigenvalue weighted by Gasteiger charge is 2.47. The van der Waals surface area contributed by atoms with E-state index in [-0.39, 0.29) is 38.4 Å². The Morgan fingerprint density at radius 3 is 2.45 bits per heavy atom. The summed E-state index contributed by atoms with van der Waals surface area (Å²) < 4.78 is 19.2. The molecule has 0 aliphatic carbocycles.